The Bertz CT molecular complexity index is 438. The molecule has 0 aliphatic heterocycles. The standard InChI is InChI=1S/C17H28N2O/c1-16(2)14(18)17(3,4)15(16)19-13(20)12-10-8-5-6-9(7-8)11(10)12/h8-12,14-15H,5-7,18H2,1-4H3,(H,19,20). The molecule has 0 saturated heterocycles. The van der Waals surface area contributed by atoms with Crippen molar-refractivity contribution in [2.75, 3.05) is 0 Å². The molecule has 112 valence electrons. The third kappa shape index (κ3) is 1.38. The van der Waals surface area contributed by atoms with Gasteiger partial charge in [-0.2, -0.15) is 0 Å². The fourth-order valence-corrected chi connectivity index (χ4v) is 6.47. The highest BCUT2D eigenvalue weighted by atomic mass is 16.2. The number of carbonyl (C=O) groups is 1. The average molecular weight is 276 g/mol. The van der Waals surface area contributed by atoms with Crippen LogP contribution >= 0.6 is 0 Å². The number of hydrogen-bond acceptors (Lipinski definition) is 2. The SMILES string of the molecule is CC1(C)C(N)C(C)(C)C1NC(=O)C1C2C3CCC(C3)C12. The number of fused-ring (bicyclic) bond motifs is 5. The van der Waals surface area contributed by atoms with Crippen molar-refractivity contribution in [1.82, 2.24) is 5.32 Å². The van der Waals surface area contributed by atoms with E-state index in [4.69, 9.17) is 5.73 Å². The lowest BCUT2D eigenvalue weighted by atomic mass is 9.48. The molecular formula is C17H28N2O. The number of nitrogens with one attached hydrogen (secondary N) is 1. The minimum Gasteiger partial charge on any atom is -0.352 e. The average Bonchev–Trinajstić information content (AvgIpc) is 2.83. The lowest BCUT2D eigenvalue weighted by Gasteiger charge is -2.63. The molecule has 4 fully saturated rings. The molecule has 4 unspecified atom stereocenters. The van der Waals surface area contributed by atoms with Crippen LogP contribution in [0.2, 0.25) is 0 Å². The van der Waals surface area contributed by atoms with Crippen LogP contribution in [0.1, 0.15) is 47.0 Å². The van der Waals surface area contributed by atoms with E-state index in [0.29, 0.717) is 11.8 Å². The van der Waals surface area contributed by atoms with E-state index in [1.165, 1.54) is 19.3 Å². The summed E-state index contributed by atoms with van der Waals surface area (Å²) in [5.41, 5.74) is 6.32. The van der Waals surface area contributed by atoms with Crippen molar-refractivity contribution < 1.29 is 4.79 Å². The lowest BCUT2D eigenvalue weighted by Crippen LogP contribution is -2.76. The number of nitrogens with two attached hydrogens (primary N) is 1. The van der Waals surface area contributed by atoms with Crippen molar-refractivity contribution in [2.45, 2.75) is 59.0 Å². The van der Waals surface area contributed by atoms with E-state index >= 15 is 0 Å². The van der Waals surface area contributed by atoms with Gasteiger partial charge in [0.05, 0.1) is 0 Å². The summed E-state index contributed by atoms with van der Waals surface area (Å²) in [4.78, 5) is 12.7. The van der Waals surface area contributed by atoms with Crippen molar-refractivity contribution in [3.63, 3.8) is 0 Å². The van der Waals surface area contributed by atoms with Gasteiger partial charge >= 0.3 is 0 Å². The molecular weight excluding hydrogens is 248 g/mol. The molecule has 3 nitrogen and oxygen atoms in total. The minimum atomic E-state index is 0.0160. The second kappa shape index (κ2) is 3.60. The molecule has 0 spiro atoms. The predicted molar refractivity (Wildman–Crippen MR) is 78.8 cm³/mol. The Morgan fingerprint density at radius 3 is 2.05 bits per heavy atom. The van der Waals surface area contributed by atoms with E-state index < -0.39 is 0 Å². The van der Waals surface area contributed by atoms with Gasteiger partial charge in [-0.3, -0.25) is 4.79 Å². The maximum absolute atomic E-state index is 12.7. The maximum atomic E-state index is 12.7. The highest BCUT2D eigenvalue weighted by molar-refractivity contribution is 5.83. The number of rotatable bonds is 2. The van der Waals surface area contributed by atoms with Crippen molar-refractivity contribution in [1.29, 1.82) is 0 Å². The van der Waals surface area contributed by atoms with Gasteiger partial charge in [0, 0.05) is 28.8 Å². The first kappa shape index (κ1) is 13.1. The molecule has 1 amide bonds. The fourth-order valence-electron chi connectivity index (χ4n) is 6.47. The van der Waals surface area contributed by atoms with E-state index in [0.717, 1.165) is 23.7 Å². The van der Waals surface area contributed by atoms with Crippen LogP contribution in [0, 0.1) is 40.4 Å². The van der Waals surface area contributed by atoms with Crippen LogP contribution in [-0.2, 0) is 4.79 Å². The molecule has 3 heteroatoms. The summed E-state index contributed by atoms with van der Waals surface area (Å²) < 4.78 is 0. The monoisotopic (exact) mass is 276 g/mol. The van der Waals surface area contributed by atoms with Crippen molar-refractivity contribution in [3.8, 4) is 0 Å². The fraction of sp³-hybridized carbons (Fsp3) is 0.941. The summed E-state index contributed by atoms with van der Waals surface area (Å²) in [6.45, 7) is 8.74. The quantitative estimate of drug-likeness (QED) is 0.812. The van der Waals surface area contributed by atoms with E-state index in [1.807, 2.05) is 0 Å². The smallest absolute Gasteiger partial charge is 0.223 e. The van der Waals surface area contributed by atoms with Gasteiger partial charge in [0.15, 0.2) is 0 Å². The van der Waals surface area contributed by atoms with Gasteiger partial charge in [-0.1, -0.05) is 27.7 Å². The molecule has 0 heterocycles. The molecule has 4 aliphatic rings. The normalized spacial score (nSPS) is 53.1. The van der Waals surface area contributed by atoms with Crippen LogP contribution in [0.3, 0.4) is 0 Å². The van der Waals surface area contributed by atoms with Crippen LogP contribution in [0.15, 0.2) is 0 Å². The molecule has 0 aromatic carbocycles. The van der Waals surface area contributed by atoms with E-state index in [2.05, 4.69) is 33.0 Å². The van der Waals surface area contributed by atoms with Crippen LogP contribution in [0.5, 0.6) is 0 Å². The highest BCUT2D eigenvalue weighted by Gasteiger charge is 2.68. The van der Waals surface area contributed by atoms with Crippen LogP contribution in [0.25, 0.3) is 0 Å². The summed E-state index contributed by atoms with van der Waals surface area (Å²) >= 11 is 0. The van der Waals surface area contributed by atoms with Gasteiger partial charge in [-0.15, -0.1) is 0 Å². The van der Waals surface area contributed by atoms with Gasteiger partial charge in [0.1, 0.15) is 0 Å². The number of carbonyl (C=O) groups excluding carboxylic acids is 1. The van der Waals surface area contributed by atoms with E-state index in [1.54, 1.807) is 0 Å². The Labute approximate surface area is 122 Å². The Balaban J connectivity index is 1.45. The first-order valence-electron chi connectivity index (χ1n) is 8.32. The van der Waals surface area contributed by atoms with Crippen LogP contribution < -0.4 is 11.1 Å². The Kier molecular flexibility index (Phi) is 2.36. The van der Waals surface area contributed by atoms with Gasteiger partial charge in [-0.05, 0) is 42.9 Å². The summed E-state index contributed by atoms with van der Waals surface area (Å²) in [5.74, 6) is 3.86. The molecule has 0 aromatic heterocycles. The minimum absolute atomic E-state index is 0.0160. The Hall–Kier alpha value is -0.570. The zero-order chi connectivity index (χ0) is 14.4. The highest BCUT2D eigenvalue weighted by Crippen LogP contribution is 2.69. The maximum Gasteiger partial charge on any atom is 0.223 e. The Morgan fingerprint density at radius 2 is 1.55 bits per heavy atom. The predicted octanol–water partition coefficient (Wildman–Crippen LogP) is 2.16. The van der Waals surface area contributed by atoms with E-state index in [9.17, 15) is 4.79 Å². The van der Waals surface area contributed by atoms with Crippen LogP contribution in [0.4, 0.5) is 0 Å². The second-order valence-corrected chi connectivity index (χ2v) is 9.08. The molecule has 20 heavy (non-hydrogen) atoms. The van der Waals surface area contributed by atoms with Gasteiger partial charge in [0.25, 0.3) is 0 Å². The van der Waals surface area contributed by atoms with Gasteiger partial charge in [0.2, 0.25) is 5.91 Å². The molecule has 0 aromatic rings. The molecule has 4 aliphatic carbocycles. The van der Waals surface area contributed by atoms with Crippen LogP contribution in [-0.4, -0.2) is 18.0 Å². The van der Waals surface area contributed by atoms with Gasteiger partial charge in [-0.25, -0.2) is 0 Å². The largest absolute Gasteiger partial charge is 0.352 e. The molecule has 4 atom stereocenters. The summed E-state index contributed by atoms with van der Waals surface area (Å²) in [6.07, 6.45) is 4.16. The van der Waals surface area contributed by atoms with Gasteiger partial charge < -0.3 is 11.1 Å². The summed E-state index contributed by atoms with van der Waals surface area (Å²) in [5, 5.41) is 3.37. The van der Waals surface area contributed by atoms with Crippen molar-refractivity contribution in [2.24, 2.45) is 46.2 Å². The second-order valence-electron chi connectivity index (χ2n) is 9.08. The zero-order valence-electron chi connectivity index (χ0n) is 13.1. The molecule has 2 bridgehead atoms. The molecule has 4 rings (SSSR count). The molecule has 0 radical (unpaired) electrons. The Morgan fingerprint density at radius 1 is 1.05 bits per heavy atom. The first-order valence-corrected chi connectivity index (χ1v) is 8.32. The van der Waals surface area contributed by atoms with Crippen molar-refractivity contribution in [3.05, 3.63) is 0 Å². The summed E-state index contributed by atoms with van der Waals surface area (Å²) in [7, 11) is 0. The number of hydrogen-bond donors (Lipinski definition) is 2. The van der Waals surface area contributed by atoms with E-state index in [-0.39, 0.29) is 22.9 Å². The molecule has 4 saturated carbocycles. The third-order valence-corrected chi connectivity index (χ3v) is 7.42. The zero-order valence-corrected chi connectivity index (χ0v) is 13.1. The first-order chi connectivity index (χ1) is 9.26. The molecule has 3 N–H and O–H groups in total. The lowest BCUT2D eigenvalue weighted by molar-refractivity contribution is -0.134. The number of amides is 1. The van der Waals surface area contributed by atoms with Crippen molar-refractivity contribution >= 4 is 5.91 Å². The third-order valence-electron chi connectivity index (χ3n) is 7.42. The topological polar surface area (TPSA) is 55.1 Å². The summed E-state index contributed by atoms with van der Waals surface area (Å²) in [6, 6.07) is 0.381.